The summed E-state index contributed by atoms with van der Waals surface area (Å²) < 4.78 is 66.6. The minimum Gasteiger partial charge on any atom is -0.497 e. The van der Waals surface area contributed by atoms with Crippen molar-refractivity contribution in [1.29, 1.82) is 5.26 Å². The van der Waals surface area contributed by atoms with E-state index in [1.54, 1.807) is 18.8 Å². The molecule has 72 heavy (non-hydrogen) atoms. The number of fused-ring (bicyclic) bond motifs is 1. The first-order valence-electron chi connectivity index (χ1n) is 23.5. The molecule has 2 aromatic heterocycles. The molecule has 3 aromatic carbocycles. The number of nitrogens with zero attached hydrogens (tertiary/aromatic N) is 6. The van der Waals surface area contributed by atoms with Crippen LogP contribution in [0.25, 0.3) is 11.2 Å². The Morgan fingerprint density at radius 2 is 1.49 bits per heavy atom. The first kappa shape index (κ1) is 55.2. The highest BCUT2D eigenvalue weighted by molar-refractivity contribution is 7.44. The first-order valence-corrected chi connectivity index (χ1v) is 24.7. The second kappa shape index (κ2) is 26.5. The van der Waals surface area contributed by atoms with E-state index in [1.807, 2.05) is 107 Å². The molecule has 1 fully saturated rings. The molecule has 0 radical (unpaired) electrons. The molecule has 0 spiro atoms. The van der Waals surface area contributed by atoms with E-state index in [0.29, 0.717) is 22.7 Å². The lowest BCUT2D eigenvalue weighted by Crippen LogP contribution is -2.43. The third-order valence-electron chi connectivity index (χ3n) is 11.5. The zero-order chi connectivity index (χ0) is 51.8. The van der Waals surface area contributed by atoms with Crippen LogP contribution in [0.1, 0.15) is 84.2 Å². The van der Waals surface area contributed by atoms with Crippen LogP contribution in [0.5, 0.6) is 11.5 Å². The van der Waals surface area contributed by atoms with E-state index in [0.717, 1.165) is 16.7 Å². The summed E-state index contributed by atoms with van der Waals surface area (Å²) in [5.74, 6) is 0.0909. The number of hydrogen-bond donors (Lipinski definition) is 1. The number of rotatable bonds is 27. The molecule has 0 bridgehead atoms. The number of anilines is 1. The predicted octanol–water partition coefficient (Wildman–Crippen LogP) is 7.61. The predicted molar refractivity (Wildman–Crippen MR) is 264 cm³/mol. The number of carbonyl (C=O) groups excluding carboxylic acids is 3. The van der Waals surface area contributed by atoms with Gasteiger partial charge in [-0.2, -0.15) is 5.26 Å². The highest BCUT2D eigenvalue weighted by Crippen LogP contribution is 2.51. The van der Waals surface area contributed by atoms with Crippen LogP contribution in [-0.2, 0) is 57.5 Å². The van der Waals surface area contributed by atoms with E-state index in [2.05, 4.69) is 31.0 Å². The Morgan fingerprint density at radius 1 is 0.847 bits per heavy atom. The Kier molecular flexibility index (Phi) is 20.3. The fourth-order valence-electron chi connectivity index (χ4n) is 8.37. The fourth-order valence-corrected chi connectivity index (χ4v) is 10.1. The maximum atomic E-state index is 12.3. The van der Waals surface area contributed by atoms with E-state index in [1.165, 1.54) is 33.4 Å². The number of nitrogens with one attached hydrogen (secondary N) is 1. The zero-order valence-corrected chi connectivity index (χ0v) is 43.0. The molecule has 1 amide bonds. The van der Waals surface area contributed by atoms with E-state index < -0.39 is 56.7 Å². The zero-order valence-electron chi connectivity index (χ0n) is 42.1. The number of aromatic nitrogens is 4. The summed E-state index contributed by atoms with van der Waals surface area (Å²) in [6, 6.07) is 27.2. The van der Waals surface area contributed by atoms with Crippen molar-refractivity contribution in [2.75, 3.05) is 52.8 Å². The molecule has 1 aliphatic heterocycles. The van der Waals surface area contributed by atoms with Crippen molar-refractivity contribution < 1.29 is 61.3 Å². The molecule has 21 heteroatoms. The number of nitriles is 1. The van der Waals surface area contributed by atoms with Crippen molar-refractivity contribution in [3.63, 3.8) is 0 Å². The molecule has 1 aliphatic rings. The molecule has 20 nitrogen and oxygen atoms in total. The molecule has 0 aliphatic carbocycles. The SMILES string of the molecule is COc1ccc(C(OC[C@H]2O[C@@H](n3cnc4c(NC(C)=O)ncnc43)[C@@H](OCOCCC(COC(C)=O)OC(C)=O)C2OP(OCCC#N)N(C(C)C)C(C)C)(c2ccccc2)c2ccc(OC)cc2)cc1. The third-order valence-corrected chi connectivity index (χ3v) is 13.6. The van der Waals surface area contributed by atoms with Crippen molar-refractivity contribution in [2.24, 2.45) is 0 Å². The number of amides is 1. The fraction of sp³-hybridized carbons (Fsp3) is 0.471. The van der Waals surface area contributed by atoms with Gasteiger partial charge in [0.05, 0.1) is 52.9 Å². The standard InChI is InChI=1S/C51H64N7O13P/c1-33(2)58(34(3)4)72(68-26-13-25-52)71-46-44(29-67-51(38-14-11-10-12-15-38,39-16-20-41(62-8)21-17-39)40-18-22-42(63-9)23-19-40)70-50(57-31-55-45-48(56-35(5)59)53-30-54-49(45)57)47(46)66-32-64-27-24-43(69-37(7)61)28-65-36(6)60/h10-12,14-23,30-31,33-34,43-44,46-47,50H,13,24,26-29,32H2,1-9H3,(H,53,54,56,59)/t43?,44-,46?,47+,50-,72?/m1/s1. The van der Waals surface area contributed by atoms with Crippen LogP contribution in [0.15, 0.2) is 91.5 Å². The molecule has 1 saturated heterocycles. The average molecular weight is 1010 g/mol. The van der Waals surface area contributed by atoms with Gasteiger partial charge in [-0.05, 0) is 68.7 Å². The number of imidazole rings is 1. The van der Waals surface area contributed by atoms with Crippen molar-refractivity contribution >= 4 is 43.4 Å². The van der Waals surface area contributed by atoms with Gasteiger partial charge in [-0.1, -0.05) is 54.6 Å². The smallest absolute Gasteiger partial charge is 0.303 e. The summed E-state index contributed by atoms with van der Waals surface area (Å²) in [6.07, 6.45) is -1.61. The summed E-state index contributed by atoms with van der Waals surface area (Å²) in [4.78, 5) is 49.3. The summed E-state index contributed by atoms with van der Waals surface area (Å²) in [7, 11) is 1.29. The van der Waals surface area contributed by atoms with Gasteiger partial charge in [-0.25, -0.2) is 19.6 Å². The maximum absolute atomic E-state index is 12.3. The Balaban J connectivity index is 1.48. The molecule has 5 aromatic rings. The van der Waals surface area contributed by atoms with Gasteiger partial charge in [0.1, 0.15) is 61.2 Å². The molecular weight excluding hydrogens is 950 g/mol. The Bertz CT molecular complexity index is 2510. The average Bonchev–Trinajstić information content (AvgIpc) is 3.94. The van der Waals surface area contributed by atoms with Crippen LogP contribution in [-0.4, -0.2) is 126 Å². The van der Waals surface area contributed by atoms with Crippen LogP contribution < -0.4 is 14.8 Å². The molecule has 3 heterocycles. The topological polar surface area (TPSA) is 226 Å². The van der Waals surface area contributed by atoms with Gasteiger partial charge in [0, 0.05) is 39.3 Å². The quantitative estimate of drug-likeness (QED) is 0.0175. The first-order chi connectivity index (χ1) is 34.7. The van der Waals surface area contributed by atoms with Gasteiger partial charge in [0.25, 0.3) is 8.53 Å². The summed E-state index contributed by atoms with van der Waals surface area (Å²) in [6.45, 7) is 11.6. The molecule has 6 atom stereocenters. The highest BCUT2D eigenvalue weighted by atomic mass is 31.2. The number of carbonyl (C=O) groups is 3. The molecular formula is C51H64N7O13P. The Labute approximate surface area is 421 Å². The second-order valence-electron chi connectivity index (χ2n) is 17.2. The van der Waals surface area contributed by atoms with Crippen molar-refractivity contribution in [3.8, 4) is 17.6 Å². The Hall–Kier alpha value is -6.14. The van der Waals surface area contributed by atoms with Crippen molar-refractivity contribution in [1.82, 2.24) is 24.2 Å². The number of esters is 2. The monoisotopic (exact) mass is 1010 g/mol. The normalized spacial score (nSPS) is 17.7. The minimum absolute atomic E-state index is 0.0403. The summed E-state index contributed by atoms with van der Waals surface area (Å²) in [5.41, 5.74) is 1.71. The number of ether oxygens (including phenoxy) is 8. The van der Waals surface area contributed by atoms with Crippen LogP contribution in [0, 0.1) is 11.3 Å². The second-order valence-corrected chi connectivity index (χ2v) is 18.6. The van der Waals surface area contributed by atoms with Crippen LogP contribution in [0.4, 0.5) is 5.82 Å². The molecule has 386 valence electrons. The maximum Gasteiger partial charge on any atom is 0.303 e. The molecule has 6 rings (SSSR count). The minimum atomic E-state index is -1.93. The van der Waals surface area contributed by atoms with Gasteiger partial charge < -0.3 is 52.3 Å². The van der Waals surface area contributed by atoms with Gasteiger partial charge >= 0.3 is 11.9 Å². The highest BCUT2D eigenvalue weighted by Gasteiger charge is 2.52. The van der Waals surface area contributed by atoms with Crippen LogP contribution >= 0.6 is 8.53 Å². The van der Waals surface area contributed by atoms with Gasteiger partial charge in [-0.3, -0.25) is 19.0 Å². The summed E-state index contributed by atoms with van der Waals surface area (Å²) in [5, 5.41) is 12.3. The van der Waals surface area contributed by atoms with Gasteiger partial charge in [-0.15, -0.1) is 0 Å². The van der Waals surface area contributed by atoms with Crippen molar-refractivity contribution in [2.45, 2.75) is 110 Å². The van der Waals surface area contributed by atoms with E-state index in [4.69, 9.17) is 46.9 Å². The van der Waals surface area contributed by atoms with Gasteiger partial charge in [0.2, 0.25) is 5.91 Å². The van der Waals surface area contributed by atoms with E-state index >= 15 is 0 Å². The van der Waals surface area contributed by atoms with Gasteiger partial charge in [0.15, 0.2) is 23.2 Å². The molecule has 0 saturated carbocycles. The third kappa shape index (κ3) is 13.9. The number of benzene rings is 3. The lowest BCUT2D eigenvalue weighted by Gasteiger charge is -2.39. The van der Waals surface area contributed by atoms with Crippen molar-refractivity contribution in [3.05, 3.63) is 108 Å². The molecule has 3 unspecified atom stereocenters. The van der Waals surface area contributed by atoms with E-state index in [-0.39, 0.29) is 69.9 Å². The van der Waals surface area contributed by atoms with Crippen LogP contribution in [0.2, 0.25) is 0 Å². The largest absolute Gasteiger partial charge is 0.497 e. The summed E-state index contributed by atoms with van der Waals surface area (Å²) >= 11 is 0. The molecule has 1 N–H and O–H groups in total. The lowest BCUT2D eigenvalue weighted by atomic mass is 9.80. The number of methoxy groups -OCH3 is 2. The van der Waals surface area contributed by atoms with E-state index in [9.17, 15) is 19.6 Å². The number of hydrogen-bond acceptors (Lipinski definition) is 18. The van der Waals surface area contributed by atoms with Crippen LogP contribution in [0.3, 0.4) is 0 Å². The lowest BCUT2D eigenvalue weighted by molar-refractivity contribution is -0.160. The Morgan fingerprint density at radius 3 is 2.06 bits per heavy atom.